The molecule has 0 fully saturated rings. The molecule has 0 radical (unpaired) electrons. The van der Waals surface area contributed by atoms with Gasteiger partial charge in [0.15, 0.2) is 4.64 Å². The van der Waals surface area contributed by atoms with E-state index in [1.165, 1.54) is 0 Å². The molecule has 0 aliphatic heterocycles. The standard InChI is InChI=1S/C8H10N4S/c1-2-3-12-7-6(4-11-12)9-5-10-8(7)13/h4-5H,2-3H2,1H3,(H,9,10,13). The molecule has 0 atom stereocenters. The summed E-state index contributed by atoms with van der Waals surface area (Å²) in [6, 6.07) is 0. The van der Waals surface area contributed by atoms with Crippen molar-refractivity contribution >= 4 is 23.3 Å². The lowest BCUT2D eigenvalue weighted by Crippen LogP contribution is -1.99. The van der Waals surface area contributed by atoms with Gasteiger partial charge in [-0.05, 0) is 6.42 Å². The molecule has 0 amide bonds. The number of H-pyrrole nitrogens is 1. The van der Waals surface area contributed by atoms with E-state index in [1.807, 2.05) is 4.68 Å². The third-order valence-corrected chi connectivity index (χ3v) is 2.18. The molecule has 0 spiro atoms. The maximum Gasteiger partial charge on any atom is 0.155 e. The first kappa shape index (κ1) is 8.37. The zero-order chi connectivity index (χ0) is 9.26. The molecule has 68 valence electrons. The van der Waals surface area contributed by atoms with E-state index in [2.05, 4.69) is 22.0 Å². The summed E-state index contributed by atoms with van der Waals surface area (Å²) in [4.78, 5) is 7.03. The monoisotopic (exact) mass is 194 g/mol. The Morgan fingerprint density at radius 3 is 3.23 bits per heavy atom. The number of fused-ring (bicyclic) bond motifs is 1. The fourth-order valence-corrected chi connectivity index (χ4v) is 1.59. The van der Waals surface area contributed by atoms with Gasteiger partial charge in [-0.15, -0.1) is 0 Å². The van der Waals surface area contributed by atoms with Gasteiger partial charge in [0.2, 0.25) is 0 Å². The lowest BCUT2D eigenvalue weighted by atomic mass is 10.4. The first-order valence-corrected chi connectivity index (χ1v) is 4.63. The molecule has 0 aliphatic carbocycles. The molecule has 2 aromatic heterocycles. The average Bonchev–Trinajstić information content (AvgIpc) is 2.51. The van der Waals surface area contributed by atoms with Crippen LogP contribution in [0.15, 0.2) is 12.5 Å². The molecule has 0 aliphatic rings. The molecule has 0 unspecified atom stereocenters. The lowest BCUT2D eigenvalue weighted by Gasteiger charge is -1.98. The Morgan fingerprint density at radius 1 is 1.62 bits per heavy atom. The molecule has 0 saturated heterocycles. The van der Waals surface area contributed by atoms with Gasteiger partial charge in [0.25, 0.3) is 0 Å². The van der Waals surface area contributed by atoms with Gasteiger partial charge in [0.05, 0.1) is 18.0 Å². The Morgan fingerprint density at radius 2 is 2.46 bits per heavy atom. The fourth-order valence-electron chi connectivity index (χ4n) is 1.32. The van der Waals surface area contributed by atoms with E-state index < -0.39 is 0 Å². The van der Waals surface area contributed by atoms with E-state index in [0.717, 1.165) is 24.0 Å². The van der Waals surface area contributed by atoms with Crippen LogP contribution < -0.4 is 0 Å². The van der Waals surface area contributed by atoms with E-state index in [-0.39, 0.29) is 0 Å². The molecule has 0 saturated carbocycles. The van der Waals surface area contributed by atoms with E-state index in [9.17, 15) is 0 Å². The van der Waals surface area contributed by atoms with E-state index in [1.54, 1.807) is 12.5 Å². The lowest BCUT2D eigenvalue weighted by molar-refractivity contribution is 0.621. The predicted octanol–water partition coefficient (Wildman–Crippen LogP) is 1.90. The zero-order valence-electron chi connectivity index (χ0n) is 7.32. The molecular weight excluding hydrogens is 184 g/mol. The van der Waals surface area contributed by atoms with Crippen molar-refractivity contribution in [1.29, 1.82) is 0 Å². The molecule has 2 aromatic rings. The second-order valence-electron chi connectivity index (χ2n) is 2.84. The Hall–Kier alpha value is -1.23. The van der Waals surface area contributed by atoms with Crippen molar-refractivity contribution in [2.75, 3.05) is 0 Å². The predicted molar refractivity (Wildman–Crippen MR) is 53.0 cm³/mol. The zero-order valence-corrected chi connectivity index (χ0v) is 8.14. The highest BCUT2D eigenvalue weighted by atomic mass is 32.1. The number of aryl methyl sites for hydroxylation is 1. The van der Waals surface area contributed by atoms with Gasteiger partial charge in [-0.2, -0.15) is 5.10 Å². The van der Waals surface area contributed by atoms with Crippen molar-refractivity contribution in [2.45, 2.75) is 19.9 Å². The fraction of sp³-hybridized carbons (Fsp3) is 0.375. The van der Waals surface area contributed by atoms with Gasteiger partial charge < -0.3 is 4.98 Å². The van der Waals surface area contributed by atoms with Gasteiger partial charge in [0, 0.05) is 6.54 Å². The van der Waals surface area contributed by atoms with Crippen LogP contribution in [0.1, 0.15) is 13.3 Å². The molecule has 5 heteroatoms. The van der Waals surface area contributed by atoms with Crippen molar-refractivity contribution < 1.29 is 0 Å². The molecule has 1 N–H and O–H groups in total. The molecular formula is C8H10N4S. The molecule has 2 rings (SSSR count). The normalized spacial score (nSPS) is 10.8. The summed E-state index contributed by atoms with van der Waals surface area (Å²) >= 11 is 5.12. The number of hydrogen-bond donors (Lipinski definition) is 1. The Kier molecular flexibility index (Phi) is 2.10. The van der Waals surface area contributed by atoms with Crippen LogP contribution in [0.2, 0.25) is 0 Å². The highest BCUT2D eigenvalue weighted by molar-refractivity contribution is 7.71. The van der Waals surface area contributed by atoms with Crippen LogP contribution in [0.5, 0.6) is 0 Å². The molecule has 0 aromatic carbocycles. The minimum atomic E-state index is 0.611. The second-order valence-corrected chi connectivity index (χ2v) is 3.22. The SMILES string of the molecule is CCCn1ncc2[nH]cnc(=S)c21. The maximum absolute atomic E-state index is 5.12. The van der Waals surface area contributed by atoms with Gasteiger partial charge in [-0.3, -0.25) is 4.68 Å². The topological polar surface area (TPSA) is 46.5 Å². The summed E-state index contributed by atoms with van der Waals surface area (Å²) in [5.41, 5.74) is 1.88. The smallest absolute Gasteiger partial charge is 0.155 e. The van der Waals surface area contributed by atoms with Gasteiger partial charge in [-0.1, -0.05) is 19.1 Å². The highest BCUT2D eigenvalue weighted by Gasteiger charge is 2.03. The second kappa shape index (κ2) is 3.26. The maximum atomic E-state index is 5.12. The first-order valence-electron chi connectivity index (χ1n) is 4.22. The number of aromatic amines is 1. The van der Waals surface area contributed by atoms with Crippen molar-refractivity contribution in [1.82, 2.24) is 19.7 Å². The van der Waals surface area contributed by atoms with E-state index in [0.29, 0.717) is 4.64 Å². The quantitative estimate of drug-likeness (QED) is 0.743. The number of aromatic nitrogens is 4. The number of hydrogen-bond acceptors (Lipinski definition) is 3. The average molecular weight is 194 g/mol. The summed E-state index contributed by atoms with van der Waals surface area (Å²) in [5.74, 6) is 0. The largest absolute Gasteiger partial charge is 0.343 e. The summed E-state index contributed by atoms with van der Waals surface area (Å²) in [6.45, 7) is 2.99. The van der Waals surface area contributed by atoms with Crippen molar-refractivity contribution in [3.8, 4) is 0 Å². The van der Waals surface area contributed by atoms with Crippen LogP contribution >= 0.6 is 12.2 Å². The van der Waals surface area contributed by atoms with Crippen LogP contribution in [-0.2, 0) is 6.54 Å². The Labute approximate surface area is 80.6 Å². The van der Waals surface area contributed by atoms with Crippen LogP contribution in [0.4, 0.5) is 0 Å². The van der Waals surface area contributed by atoms with Gasteiger partial charge >= 0.3 is 0 Å². The van der Waals surface area contributed by atoms with Crippen molar-refractivity contribution in [3.05, 3.63) is 17.2 Å². The molecule has 4 nitrogen and oxygen atoms in total. The number of nitrogens with zero attached hydrogens (tertiary/aromatic N) is 3. The third kappa shape index (κ3) is 1.35. The summed E-state index contributed by atoms with van der Waals surface area (Å²) in [6.07, 6.45) is 4.42. The summed E-state index contributed by atoms with van der Waals surface area (Å²) in [7, 11) is 0. The number of nitrogens with one attached hydrogen (secondary N) is 1. The highest BCUT2D eigenvalue weighted by Crippen LogP contribution is 2.10. The van der Waals surface area contributed by atoms with Crippen LogP contribution in [0.3, 0.4) is 0 Å². The van der Waals surface area contributed by atoms with Crippen LogP contribution in [0.25, 0.3) is 11.0 Å². The molecule has 0 bridgehead atoms. The van der Waals surface area contributed by atoms with Gasteiger partial charge in [0.1, 0.15) is 5.52 Å². The summed E-state index contributed by atoms with van der Waals surface area (Å²) in [5, 5.41) is 4.22. The van der Waals surface area contributed by atoms with Gasteiger partial charge in [-0.25, -0.2) is 4.98 Å². The summed E-state index contributed by atoms with van der Waals surface area (Å²) < 4.78 is 2.50. The molecule has 13 heavy (non-hydrogen) atoms. The Bertz CT molecular complexity index is 470. The van der Waals surface area contributed by atoms with Crippen molar-refractivity contribution in [2.24, 2.45) is 0 Å². The van der Waals surface area contributed by atoms with Crippen molar-refractivity contribution in [3.63, 3.8) is 0 Å². The van der Waals surface area contributed by atoms with Crippen LogP contribution in [-0.4, -0.2) is 19.7 Å². The van der Waals surface area contributed by atoms with E-state index in [4.69, 9.17) is 12.2 Å². The minimum absolute atomic E-state index is 0.611. The van der Waals surface area contributed by atoms with E-state index >= 15 is 0 Å². The third-order valence-electron chi connectivity index (χ3n) is 1.88. The Balaban J connectivity index is 2.71. The number of rotatable bonds is 2. The molecule has 2 heterocycles. The van der Waals surface area contributed by atoms with Crippen LogP contribution in [0, 0.1) is 4.64 Å². The minimum Gasteiger partial charge on any atom is -0.343 e. The first-order chi connectivity index (χ1) is 6.33.